The van der Waals surface area contributed by atoms with E-state index in [9.17, 15) is 8.42 Å². The van der Waals surface area contributed by atoms with Gasteiger partial charge in [0.2, 0.25) is 0 Å². The Morgan fingerprint density at radius 1 is 1.53 bits per heavy atom. The molecule has 15 heavy (non-hydrogen) atoms. The highest BCUT2D eigenvalue weighted by atomic mass is 32.2. The van der Waals surface area contributed by atoms with E-state index in [1.165, 1.54) is 6.07 Å². The quantitative estimate of drug-likeness (QED) is 0.707. The Kier molecular flexibility index (Phi) is 4.05. The van der Waals surface area contributed by atoms with E-state index < -0.39 is 9.84 Å². The molecule has 0 saturated carbocycles. The molecule has 0 saturated heterocycles. The summed E-state index contributed by atoms with van der Waals surface area (Å²) in [6.45, 7) is 1.18. The number of hydrogen-bond donors (Lipinski definition) is 2. The molecule has 0 aliphatic rings. The summed E-state index contributed by atoms with van der Waals surface area (Å²) < 4.78 is 22.8. The molecule has 0 aliphatic carbocycles. The van der Waals surface area contributed by atoms with Gasteiger partial charge in [-0.1, -0.05) is 0 Å². The van der Waals surface area contributed by atoms with Crippen LogP contribution in [0.15, 0.2) is 23.2 Å². The van der Waals surface area contributed by atoms with Crippen LogP contribution in [0.3, 0.4) is 0 Å². The molecular formula is C9H15N3O2S. The van der Waals surface area contributed by atoms with Crippen LogP contribution in [0.5, 0.6) is 0 Å². The summed E-state index contributed by atoms with van der Waals surface area (Å²) in [6, 6.07) is 3.14. The van der Waals surface area contributed by atoms with E-state index in [2.05, 4.69) is 10.3 Å². The minimum absolute atomic E-state index is 0.224. The van der Waals surface area contributed by atoms with Gasteiger partial charge in [0.25, 0.3) is 0 Å². The first-order valence-corrected chi connectivity index (χ1v) is 6.54. The lowest BCUT2D eigenvalue weighted by molar-refractivity contribution is 0.601. The van der Waals surface area contributed by atoms with Crippen LogP contribution in [-0.4, -0.2) is 32.7 Å². The molecule has 0 amide bonds. The van der Waals surface area contributed by atoms with Crippen molar-refractivity contribution in [2.45, 2.75) is 11.3 Å². The minimum Gasteiger partial charge on any atom is -0.369 e. The standard InChI is InChI=1S/C9H15N3O2S/c1-15(13,14)8-4-2-6-11-9(8)12-7-3-5-10/h2,4,6H,3,5,7,10H2,1H3,(H,11,12). The summed E-state index contributed by atoms with van der Waals surface area (Å²) in [7, 11) is -3.23. The maximum Gasteiger partial charge on any atom is 0.179 e. The second-order valence-electron chi connectivity index (χ2n) is 3.19. The summed E-state index contributed by atoms with van der Waals surface area (Å²) in [4.78, 5) is 4.21. The van der Waals surface area contributed by atoms with Crippen molar-refractivity contribution in [3.63, 3.8) is 0 Å². The maximum absolute atomic E-state index is 11.4. The van der Waals surface area contributed by atoms with Crippen LogP contribution in [0, 0.1) is 0 Å². The zero-order valence-electron chi connectivity index (χ0n) is 8.60. The van der Waals surface area contributed by atoms with Gasteiger partial charge < -0.3 is 11.1 Å². The fourth-order valence-electron chi connectivity index (χ4n) is 1.13. The normalized spacial score (nSPS) is 11.3. The van der Waals surface area contributed by atoms with Gasteiger partial charge in [0.1, 0.15) is 10.7 Å². The van der Waals surface area contributed by atoms with E-state index in [0.29, 0.717) is 18.9 Å². The first-order chi connectivity index (χ1) is 7.05. The summed E-state index contributed by atoms with van der Waals surface area (Å²) in [5, 5.41) is 2.95. The highest BCUT2D eigenvalue weighted by molar-refractivity contribution is 7.90. The van der Waals surface area contributed by atoms with Crippen LogP contribution in [-0.2, 0) is 9.84 Å². The highest BCUT2D eigenvalue weighted by Crippen LogP contribution is 2.17. The number of rotatable bonds is 5. The lowest BCUT2D eigenvalue weighted by Crippen LogP contribution is -2.12. The Hall–Kier alpha value is -1.14. The van der Waals surface area contributed by atoms with Gasteiger partial charge in [0.05, 0.1) is 0 Å². The van der Waals surface area contributed by atoms with Gasteiger partial charge in [-0.05, 0) is 25.1 Å². The van der Waals surface area contributed by atoms with E-state index >= 15 is 0 Å². The van der Waals surface area contributed by atoms with Crippen molar-refractivity contribution in [2.75, 3.05) is 24.7 Å². The average molecular weight is 229 g/mol. The number of pyridine rings is 1. The van der Waals surface area contributed by atoms with Gasteiger partial charge in [-0.15, -0.1) is 0 Å². The molecular weight excluding hydrogens is 214 g/mol. The van der Waals surface area contributed by atoms with Crippen molar-refractivity contribution in [1.82, 2.24) is 4.98 Å². The third-order valence-corrected chi connectivity index (χ3v) is 2.97. The summed E-state index contributed by atoms with van der Waals surface area (Å²) in [6.07, 6.45) is 3.50. The average Bonchev–Trinajstić information content (AvgIpc) is 2.17. The molecule has 3 N–H and O–H groups in total. The molecule has 0 spiro atoms. The second kappa shape index (κ2) is 5.09. The fourth-order valence-corrected chi connectivity index (χ4v) is 1.93. The van der Waals surface area contributed by atoms with Gasteiger partial charge in [0.15, 0.2) is 9.84 Å². The van der Waals surface area contributed by atoms with Crippen LogP contribution in [0.1, 0.15) is 6.42 Å². The van der Waals surface area contributed by atoms with E-state index in [-0.39, 0.29) is 4.90 Å². The predicted molar refractivity (Wildman–Crippen MR) is 59.5 cm³/mol. The first-order valence-electron chi connectivity index (χ1n) is 4.64. The van der Waals surface area contributed by atoms with Gasteiger partial charge in [-0.25, -0.2) is 13.4 Å². The van der Waals surface area contributed by atoms with Gasteiger partial charge >= 0.3 is 0 Å². The van der Waals surface area contributed by atoms with Crippen molar-refractivity contribution in [1.29, 1.82) is 0 Å². The third-order valence-electron chi connectivity index (χ3n) is 1.84. The third kappa shape index (κ3) is 3.49. The lowest BCUT2D eigenvalue weighted by Gasteiger charge is -2.08. The van der Waals surface area contributed by atoms with Gasteiger partial charge in [-0.2, -0.15) is 0 Å². The second-order valence-corrected chi connectivity index (χ2v) is 5.18. The number of hydrogen-bond acceptors (Lipinski definition) is 5. The Labute approximate surface area is 89.6 Å². The lowest BCUT2D eigenvalue weighted by atomic mass is 10.4. The molecule has 5 nitrogen and oxygen atoms in total. The summed E-state index contributed by atoms with van der Waals surface area (Å²) in [5.41, 5.74) is 5.34. The number of nitrogens with one attached hydrogen (secondary N) is 1. The highest BCUT2D eigenvalue weighted by Gasteiger charge is 2.12. The SMILES string of the molecule is CS(=O)(=O)c1cccnc1NCCCN. The molecule has 0 radical (unpaired) electrons. The molecule has 0 bridgehead atoms. The smallest absolute Gasteiger partial charge is 0.179 e. The molecule has 0 aromatic carbocycles. The van der Waals surface area contributed by atoms with Crippen LogP contribution in [0.25, 0.3) is 0 Å². The Morgan fingerprint density at radius 2 is 2.27 bits per heavy atom. The molecule has 0 unspecified atom stereocenters. The topological polar surface area (TPSA) is 85.1 Å². The summed E-state index contributed by atoms with van der Waals surface area (Å²) >= 11 is 0. The first kappa shape index (κ1) is 11.9. The zero-order valence-corrected chi connectivity index (χ0v) is 9.42. The monoisotopic (exact) mass is 229 g/mol. The minimum atomic E-state index is -3.23. The predicted octanol–water partition coefficient (Wildman–Crippen LogP) is 0.246. The molecule has 1 rings (SSSR count). The van der Waals surface area contributed by atoms with Crippen molar-refractivity contribution in [2.24, 2.45) is 5.73 Å². The van der Waals surface area contributed by atoms with Crippen molar-refractivity contribution >= 4 is 15.7 Å². The Balaban J connectivity index is 2.88. The van der Waals surface area contributed by atoms with E-state index in [0.717, 1.165) is 12.7 Å². The number of nitrogens with two attached hydrogens (primary N) is 1. The van der Waals surface area contributed by atoms with Crippen LogP contribution in [0.4, 0.5) is 5.82 Å². The molecule has 0 atom stereocenters. The van der Waals surface area contributed by atoms with E-state index in [1.807, 2.05) is 0 Å². The Bertz CT molecular complexity index is 417. The molecule has 0 aliphatic heterocycles. The van der Waals surface area contributed by atoms with E-state index in [1.54, 1.807) is 12.3 Å². The van der Waals surface area contributed by atoms with Crippen LogP contribution < -0.4 is 11.1 Å². The fraction of sp³-hybridized carbons (Fsp3) is 0.444. The van der Waals surface area contributed by atoms with Crippen LogP contribution >= 0.6 is 0 Å². The Morgan fingerprint density at radius 3 is 2.87 bits per heavy atom. The molecule has 84 valence electrons. The molecule has 1 aromatic rings. The number of sulfone groups is 1. The summed E-state index contributed by atoms with van der Waals surface area (Å²) in [5.74, 6) is 0.397. The molecule has 1 heterocycles. The largest absolute Gasteiger partial charge is 0.369 e. The van der Waals surface area contributed by atoms with Crippen molar-refractivity contribution in [3.05, 3.63) is 18.3 Å². The molecule has 1 aromatic heterocycles. The van der Waals surface area contributed by atoms with E-state index in [4.69, 9.17) is 5.73 Å². The molecule has 6 heteroatoms. The number of anilines is 1. The maximum atomic E-state index is 11.4. The van der Waals surface area contributed by atoms with Crippen molar-refractivity contribution < 1.29 is 8.42 Å². The van der Waals surface area contributed by atoms with Gasteiger partial charge in [-0.3, -0.25) is 0 Å². The van der Waals surface area contributed by atoms with Crippen molar-refractivity contribution in [3.8, 4) is 0 Å². The zero-order chi connectivity index (χ0) is 11.3. The van der Waals surface area contributed by atoms with Gasteiger partial charge in [0, 0.05) is 19.0 Å². The number of nitrogens with zero attached hydrogens (tertiary/aromatic N) is 1. The van der Waals surface area contributed by atoms with Crippen LogP contribution in [0.2, 0.25) is 0 Å². The molecule has 0 fully saturated rings. The number of aromatic nitrogens is 1.